The Hall–Kier alpha value is -2.43. The Morgan fingerprint density at radius 1 is 1.09 bits per heavy atom. The predicted octanol–water partition coefficient (Wildman–Crippen LogP) is 2.56. The molecule has 0 aliphatic carbocycles. The number of benzene rings is 1. The van der Waals surface area contributed by atoms with Gasteiger partial charge in [0.2, 0.25) is 0 Å². The Kier molecular flexibility index (Phi) is 5.47. The number of anilines is 1. The number of aryl methyl sites for hydroxylation is 1. The Morgan fingerprint density at radius 3 is 2.32 bits per heavy atom. The van der Waals surface area contributed by atoms with Crippen molar-refractivity contribution in [3.8, 4) is 0 Å². The van der Waals surface area contributed by atoms with Gasteiger partial charge in [0.25, 0.3) is 5.91 Å². The van der Waals surface area contributed by atoms with Gasteiger partial charge in [0.1, 0.15) is 11.5 Å². The molecule has 0 aliphatic rings. The molecular formula is C17H22N4O. The van der Waals surface area contributed by atoms with Gasteiger partial charge in [-0.15, -0.1) is 0 Å². The lowest BCUT2D eigenvalue weighted by Gasteiger charge is -2.18. The normalized spacial score (nSPS) is 10.3. The molecular weight excluding hydrogens is 276 g/mol. The van der Waals surface area contributed by atoms with E-state index in [0.717, 1.165) is 24.5 Å². The molecule has 2 rings (SSSR count). The highest BCUT2D eigenvalue weighted by Gasteiger charge is 2.09. The van der Waals surface area contributed by atoms with Crippen LogP contribution in [-0.4, -0.2) is 29.0 Å². The van der Waals surface area contributed by atoms with Gasteiger partial charge in [-0.1, -0.05) is 29.8 Å². The third-order valence-corrected chi connectivity index (χ3v) is 3.53. The monoisotopic (exact) mass is 298 g/mol. The van der Waals surface area contributed by atoms with Gasteiger partial charge in [-0.05, 0) is 26.3 Å². The molecule has 0 bridgehead atoms. The highest BCUT2D eigenvalue weighted by molar-refractivity contribution is 5.91. The first kappa shape index (κ1) is 15.9. The van der Waals surface area contributed by atoms with Crippen molar-refractivity contribution in [2.75, 3.05) is 18.0 Å². The maximum absolute atomic E-state index is 12.1. The zero-order valence-corrected chi connectivity index (χ0v) is 13.3. The standard InChI is InChI=1S/C17H22N4O/c1-4-21(5-2)16-12-18-15(11-19-16)17(22)20-10-14-8-6-13(3)7-9-14/h6-9,11-12H,4-5,10H2,1-3H3,(H,20,22). The van der Waals surface area contributed by atoms with Crippen molar-refractivity contribution in [1.82, 2.24) is 15.3 Å². The van der Waals surface area contributed by atoms with Crippen molar-refractivity contribution >= 4 is 11.7 Å². The molecule has 0 saturated carbocycles. The van der Waals surface area contributed by atoms with E-state index in [9.17, 15) is 4.79 Å². The number of nitrogens with one attached hydrogen (secondary N) is 1. The van der Waals surface area contributed by atoms with E-state index in [1.807, 2.05) is 31.2 Å². The average molecular weight is 298 g/mol. The van der Waals surface area contributed by atoms with Crippen LogP contribution < -0.4 is 10.2 Å². The van der Waals surface area contributed by atoms with Crippen molar-refractivity contribution in [1.29, 1.82) is 0 Å². The minimum atomic E-state index is -0.209. The molecule has 0 aliphatic heterocycles. The maximum Gasteiger partial charge on any atom is 0.271 e. The van der Waals surface area contributed by atoms with Crippen LogP contribution in [-0.2, 0) is 6.54 Å². The number of aromatic nitrogens is 2. The Labute approximate surface area is 131 Å². The summed E-state index contributed by atoms with van der Waals surface area (Å²) in [4.78, 5) is 22.7. The summed E-state index contributed by atoms with van der Waals surface area (Å²) in [6.45, 7) is 8.38. The fourth-order valence-electron chi connectivity index (χ4n) is 2.13. The van der Waals surface area contributed by atoms with E-state index in [-0.39, 0.29) is 5.91 Å². The molecule has 1 aromatic carbocycles. The number of hydrogen-bond acceptors (Lipinski definition) is 4. The number of carbonyl (C=O) groups excluding carboxylic acids is 1. The quantitative estimate of drug-likeness (QED) is 0.890. The van der Waals surface area contributed by atoms with Gasteiger partial charge in [-0.3, -0.25) is 4.79 Å². The second-order valence-electron chi connectivity index (χ2n) is 5.10. The largest absolute Gasteiger partial charge is 0.356 e. The SMILES string of the molecule is CCN(CC)c1cnc(C(=O)NCc2ccc(C)cc2)cn1. The summed E-state index contributed by atoms with van der Waals surface area (Å²) < 4.78 is 0. The molecule has 0 spiro atoms. The summed E-state index contributed by atoms with van der Waals surface area (Å²) in [7, 11) is 0. The predicted molar refractivity (Wildman–Crippen MR) is 87.9 cm³/mol. The molecule has 116 valence electrons. The minimum Gasteiger partial charge on any atom is -0.356 e. The van der Waals surface area contributed by atoms with Gasteiger partial charge < -0.3 is 10.2 Å². The van der Waals surface area contributed by atoms with Crippen LogP contribution in [0, 0.1) is 6.92 Å². The molecule has 1 heterocycles. The van der Waals surface area contributed by atoms with Gasteiger partial charge >= 0.3 is 0 Å². The van der Waals surface area contributed by atoms with Crippen molar-refractivity contribution in [3.05, 3.63) is 53.5 Å². The molecule has 1 aromatic heterocycles. The molecule has 2 aromatic rings. The summed E-state index contributed by atoms with van der Waals surface area (Å²) in [5.41, 5.74) is 2.60. The molecule has 0 radical (unpaired) electrons. The summed E-state index contributed by atoms with van der Waals surface area (Å²) in [5, 5.41) is 2.86. The van der Waals surface area contributed by atoms with Crippen LogP contribution >= 0.6 is 0 Å². The number of nitrogens with zero attached hydrogens (tertiary/aromatic N) is 3. The topological polar surface area (TPSA) is 58.1 Å². The zero-order chi connectivity index (χ0) is 15.9. The van der Waals surface area contributed by atoms with Gasteiger partial charge in [0.15, 0.2) is 0 Å². The summed E-state index contributed by atoms with van der Waals surface area (Å²) in [6.07, 6.45) is 3.17. The van der Waals surface area contributed by atoms with E-state index in [0.29, 0.717) is 12.2 Å². The molecule has 1 amide bonds. The smallest absolute Gasteiger partial charge is 0.271 e. The van der Waals surface area contributed by atoms with E-state index >= 15 is 0 Å². The minimum absolute atomic E-state index is 0.209. The third kappa shape index (κ3) is 4.04. The van der Waals surface area contributed by atoms with Crippen LogP contribution in [0.15, 0.2) is 36.7 Å². The molecule has 1 N–H and O–H groups in total. The second-order valence-corrected chi connectivity index (χ2v) is 5.10. The van der Waals surface area contributed by atoms with E-state index in [1.54, 1.807) is 6.20 Å². The fraction of sp³-hybridized carbons (Fsp3) is 0.353. The average Bonchev–Trinajstić information content (AvgIpc) is 2.56. The summed E-state index contributed by atoms with van der Waals surface area (Å²) in [5.74, 6) is 0.583. The van der Waals surface area contributed by atoms with Crippen molar-refractivity contribution in [2.24, 2.45) is 0 Å². The van der Waals surface area contributed by atoms with Gasteiger partial charge in [-0.25, -0.2) is 9.97 Å². The van der Waals surface area contributed by atoms with E-state index in [4.69, 9.17) is 0 Å². The molecule has 0 fully saturated rings. The van der Waals surface area contributed by atoms with Crippen LogP contribution in [0.25, 0.3) is 0 Å². The van der Waals surface area contributed by atoms with Crippen LogP contribution in [0.4, 0.5) is 5.82 Å². The van der Waals surface area contributed by atoms with Crippen LogP contribution in [0.2, 0.25) is 0 Å². The van der Waals surface area contributed by atoms with Crippen molar-refractivity contribution < 1.29 is 4.79 Å². The highest BCUT2D eigenvalue weighted by atomic mass is 16.1. The molecule has 22 heavy (non-hydrogen) atoms. The Bertz CT molecular complexity index is 604. The summed E-state index contributed by atoms with van der Waals surface area (Å²) >= 11 is 0. The Balaban J connectivity index is 1.96. The van der Waals surface area contributed by atoms with E-state index in [1.165, 1.54) is 11.8 Å². The lowest BCUT2D eigenvalue weighted by atomic mass is 10.1. The highest BCUT2D eigenvalue weighted by Crippen LogP contribution is 2.08. The third-order valence-electron chi connectivity index (χ3n) is 3.53. The van der Waals surface area contributed by atoms with Gasteiger partial charge in [-0.2, -0.15) is 0 Å². The van der Waals surface area contributed by atoms with E-state index in [2.05, 4.69) is 34.0 Å². The van der Waals surface area contributed by atoms with Crippen molar-refractivity contribution in [3.63, 3.8) is 0 Å². The number of hydrogen-bond donors (Lipinski definition) is 1. The van der Waals surface area contributed by atoms with Crippen LogP contribution in [0.5, 0.6) is 0 Å². The number of carbonyl (C=O) groups is 1. The number of amides is 1. The summed E-state index contributed by atoms with van der Waals surface area (Å²) in [6, 6.07) is 8.07. The fourth-order valence-corrected chi connectivity index (χ4v) is 2.13. The first-order valence-electron chi connectivity index (χ1n) is 7.54. The lowest BCUT2D eigenvalue weighted by molar-refractivity contribution is 0.0945. The van der Waals surface area contributed by atoms with Gasteiger partial charge in [0.05, 0.1) is 12.4 Å². The first-order chi connectivity index (χ1) is 10.6. The van der Waals surface area contributed by atoms with Crippen molar-refractivity contribution in [2.45, 2.75) is 27.3 Å². The number of rotatable bonds is 6. The van der Waals surface area contributed by atoms with Gasteiger partial charge in [0, 0.05) is 19.6 Å². The molecule has 0 saturated heterocycles. The molecule has 5 nitrogen and oxygen atoms in total. The second kappa shape index (κ2) is 7.54. The first-order valence-corrected chi connectivity index (χ1v) is 7.54. The molecule has 0 atom stereocenters. The lowest BCUT2D eigenvalue weighted by Crippen LogP contribution is -2.26. The maximum atomic E-state index is 12.1. The van der Waals surface area contributed by atoms with Crippen LogP contribution in [0.3, 0.4) is 0 Å². The Morgan fingerprint density at radius 2 is 1.77 bits per heavy atom. The molecule has 0 unspecified atom stereocenters. The van der Waals surface area contributed by atoms with E-state index < -0.39 is 0 Å². The molecule has 5 heteroatoms. The zero-order valence-electron chi connectivity index (χ0n) is 13.3. The van der Waals surface area contributed by atoms with Crippen LogP contribution in [0.1, 0.15) is 35.5 Å².